The summed E-state index contributed by atoms with van der Waals surface area (Å²) in [6, 6.07) is 13.4. The molecule has 2 aromatic carbocycles. The number of nitrogens with zero attached hydrogens (tertiary/aromatic N) is 1. The summed E-state index contributed by atoms with van der Waals surface area (Å²) in [5, 5.41) is 14.3. The van der Waals surface area contributed by atoms with Crippen molar-refractivity contribution >= 4 is 39.0 Å². The summed E-state index contributed by atoms with van der Waals surface area (Å²) in [4.78, 5) is 11.9. The van der Waals surface area contributed by atoms with Gasteiger partial charge >= 0.3 is 6.03 Å². The van der Waals surface area contributed by atoms with Crippen LogP contribution in [0.3, 0.4) is 0 Å². The summed E-state index contributed by atoms with van der Waals surface area (Å²) >= 11 is 3.29. The summed E-state index contributed by atoms with van der Waals surface area (Å²) < 4.78 is 0.774. The molecule has 5 nitrogen and oxygen atoms in total. The Labute approximate surface area is 124 Å². The van der Waals surface area contributed by atoms with Crippen LogP contribution in [-0.4, -0.2) is 6.03 Å². The Hall–Kier alpha value is -2.52. The van der Waals surface area contributed by atoms with Crippen molar-refractivity contribution in [1.82, 2.24) is 0 Å². The number of anilines is 3. The lowest BCUT2D eigenvalue weighted by Gasteiger charge is -2.09. The van der Waals surface area contributed by atoms with Gasteiger partial charge in [-0.3, -0.25) is 0 Å². The molecular weight excluding hydrogens is 320 g/mol. The lowest BCUT2D eigenvalue weighted by Crippen LogP contribution is -2.20. The van der Waals surface area contributed by atoms with Gasteiger partial charge in [0.15, 0.2) is 0 Å². The lowest BCUT2D eigenvalue weighted by molar-refractivity contribution is 0.262. The molecule has 2 rings (SSSR count). The predicted molar refractivity (Wildman–Crippen MR) is 82.4 cm³/mol. The minimum absolute atomic E-state index is 0.385. The molecule has 0 saturated carbocycles. The van der Waals surface area contributed by atoms with Gasteiger partial charge in [-0.15, -0.1) is 0 Å². The molecule has 0 saturated heterocycles. The highest BCUT2D eigenvalue weighted by atomic mass is 79.9. The molecule has 0 fully saturated rings. The zero-order valence-corrected chi connectivity index (χ0v) is 11.9. The van der Waals surface area contributed by atoms with E-state index in [4.69, 9.17) is 11.0 Å². The van der Waals surface area contributed by atoms with Crippen LogP contribution < -0.4 is 16.4 Å². The van der Waals surface area contributed by atoms with Crippen LogP contribution in [0.4, 0.5) is 21.9 Å². The quantitative estimate of drug-likeness (QED) is 0.735. The number of carbonyl (C=O) groups is 1. The smallest absolute Gasteiger partial charge is 0.323 e. The van der Waals surface area contributed by atoms with Crippen LogP contribution in [0.2, 0.25) is 0 Å². The van der Waals surface area contributed by atoms with E-state index in [1.165, 1.54) is 0 Å². The van der Waals surface area contributed by atoms with Crippen molar-refractivity contribution in [3.8, 4) is 6.07 Å². The van der Waals surface area contributed by atoms with E-state index in [0.29, 0.717) is 22.6 Å². The number of halogens is 1. The number of urea groups is 1. The van der Waals surface area contributed by atoms with Crippen molar-refractivity contribution < 1.29 is 4.79 Å². The highest BCUT2D eigenvalue weighted by Crippen LogP contribution is 2.21. The summed E-state index contributed by atoms with van der Waals surface area (Å²) in [6.45, 7) is 0. The molecule has 0 radical (unpaired) electrons. The Morgan fingerprint density at radius 1 is 1.20 bits per heavy atom. The van der Waals surface area contributed by atoms with Gasteiger partial charge in [-0.2, -0.15) is 5.26 Å². The maximum atomic E-state index is 11.9. The average Bonchev–Trinajstić information content (AvgIpc) is 2.38. The average molecular weight is 331 g/mol. The second kappa shape index (κ2) is 6.08. The van der Waals surface area contributed by atoms with E-state index in [1.54, 1.807) is 42.5 Å². The Morgan fingerprint density at radius 2 is 2.00 bits per heavy atom. The molecule has 20 heavy (non-hydrogen) atoms. The van der Waals surface area contributed by atoms with Crippen molar-refractivity contribution in [2.75, 3.05) is 16.4 Å². The molecular formula is C14H11BrN4O. The number of nitrogens with one attached hydrogen (secondary N) is 2. The van der Waals surface area contributed by atoms with Crippen molar-refractivity contribution in [2.45, 2.75) is 0 Å². The second-order valence-electron chi connectivity index (χ2n) is 4.01. The summed E-state index contributed by atoms with van der Waals surface area (Å²) in [7, 11) is 0. The Morgan fingerprint density at radius 3 is 2.70 bits per heavy atom. The third-order valence-electron chi connectivity index (χ3n) is 2.49. The number of rotatable bonds is 2. The van der Waals surface area contributed by atoms with Crippen LogP contribution in [0.25, 0.3) is 0 Å². The minimum Gasteiger partial charge on any atom is -0.399 e. The van der Waals surface area contributed by atoms with Gasteiger partial charge in [0.1, 0.15) is 6.07 Å². The van der Waals surface area contributed by atoms with Crippen LogP contribution in [-0.2, 0) is 0 Å². The Bertz CT molecular complexity index is 694. The van der Waals surface area contributed by atoms with Gasteiger partial charge in [0, 0.05) is 15.8 Å². The third kappa shape index (κ3) is 3.49. The van der Waals surface area contributed by atoms with E-state index in [-0.39, 0.29) is 0 Å². The number of nitriles is 1. The van der Waals surface area contributed by atoms with Crippen LogP contribution in [0.5, 0.6) is 0 Å². The maximum absolute atomic E-state index is 11.9. The Balaban J connectivity index is 2.13. The van der Waals surface area contributed by atoms with Crippen molar-refractivity contribution in [1.29, 1.82) is 5.26 Å². The number of carbonyl (C=O) groups excluding carboxylic acids is 1. The minimum atomic E-state index is -0.440. The maximum Gasteiger partial charge on any atom is 0.323 e. The molecule has 2 aromatic rings. The van der Waals surface area contributed by atoms with E-state index in [1.807, 2.05) is 6.07 Å². The first-order chi connectivity index (χ1) is 9.58. The first kappa shape index (κ1) is 13.9. The standard InChI is InChI=1S/C14H11BrN4O/c15-10-5-4-9(8-16)13(6-10)19-14(20)18-12-3-1-2-11(17)7-12/h1-7H,17H2,(H2,18,19,20). The molecule has 0 aliphatic rings. The predicted octanol–water partition coefficient (Wildman–Crippen LogP) is 3.55. The molecule has 0 bridgehead atoms. The SMILES string of the molecule is N#Cc1ccc(Br)cc1NC(=O)Nc1cccc(N)c1. The summed E-state index contributed by atoms with van der Waals surface area (Å²) in [5.74, 6) is 0. The van der Waals surface area contributed by atoms with Gasteiger partial charge in [-0.25, -0.2) is 4.79 Å². The van der Waals surface area contributed by atoms with E-state index in [0.717, 1.165) is 4.47 Å². The van der Waals surface area contributed by atoms with Crippen LogP contribution >= 0.6 is 15.9 Å². The van der Waals surface area contributed by atoms with Crippen LogP contribution in [0.15, 0.2) is 46.9 Å². The van der Waals surface area contributed by atoms with Gasteiger partial charge in [0.05, 0.1) is 11.3 Å². The molecule has 0 aliphatic heterocycles. The number of nitrogens with two attached hydrogens (primary N) is 1. The van der Waals surface area contributed by atoms with E-state index >= 15 is 0 Å². The van der Waals surface area contributed by atoms with Crippen molar-refractivity contribution in [2.24, 2.45) is 0 Å². The molecule has 2 amide bonds. The van der Waals surface area contributed by atoms with Gasteiger partial charge < -0.3 is 16.4 Å². The molecule has 100 valence electrons. The number of amides is 2. The van der Waals surface area contributed by atoms with Crippen LogP contribution in [0.1, 0.15) is 5.56 Å². The zero-order valence-electron chi connectivity index (χ0n) is 10.4. The lowest BCUT2D eigenvalue weighted by atomic mass is 10.2. The fourth-order valence-electron chi connectivity index (χ4n) is 1.62. The van der Waals surface area contributed by atoms with Crippen LogP contribution in [0, 0.1) is 11.3 Å². The number of hydrogen-bond donors (Lipinski definition) is 3. The molecule has 0 heterocycles. The highest BCUT2D eigenvalue weighted by molar-refractivity contribution is 9.10. The molecule has 0 aromatic heterocycles. The molecule has 0 unspecified atom stereocenters. The van der Waals surface area contributed by atoms with Gasteiger partial charge in [-0.1, -0.05) is 22.0 Å². The highest BCUT2D eigenvalue weighted by Gasteiger charge is 2.07. The van der Waals surface area contributed by atoms with Crippen molar-refractivity contribution in [3.05, 3.63) is 52.5 Å². The first-order valence-electron chi connectivity index (χ1n) is 5.71. The summed E-state index contributed by atoms with van der Waals surface area (Å²) in [6.07, 6.45) is 0. The molecule has 4 N–H and O–H groups in total. The molecule has 0 atom stereocenters. The second-order valence-corrected chi connectivity index (χ2v) is 4.92. The Kier molecular flexibility index (Phi) is 4.23. The van der Waals surface area contributed by atoms with Crippen molar-refractivity contribution in [3.63, 3.8) is 0 Å². The topological polar surface area (TPSA) is 90.9 Å². The number of nitrogen functional groups attached to an aromatic ring is 1. The normalized spacial score (nSPS) is 9.60. The molecule has 6 heteroatoms. The van der Waals surface area contributed by atoms with Gasteiger partial charge in [0.25, 0.3) is 0 Å². The van der Waals surface area contributed by atoms with Gasteiger partial charge in [0.2, 0.25) is 0 Å². The number of hydrogen-bond acceptors (Lipinski definition) is 3. The summed E-state index contributed by atoms with van der Waals surface area (Å²) in [5.41, 5.74) is 7.59. The fraction of sp³-hybridized carbons (Fsp3) is 0. The monoisotopic (exact) mass is 330 g/mol. The first-order valence-corrected chi connectivity index (χ1v) is 6.51. The van der Waals surface area contributed by atoms with E-state index in [9.17, 15) is 4.79 Å². The number of benzene rings is 2. The third-order valence-corrected chi connectivity index (χ3v) is 2.99. The fourth-order valence-corrected chi connectivity index (χ4v) is 1.98. The van der Waals surface area contributed by atoms with E-state index < -0.39 is 6.03 Å². The molecule has 0 aliphatic carbocycles. The largest absolute Gasteiger partial charge is 0.399 e. The van der Waals surface area contributed by atoms with E-state index in [2.05, 4.69) is 26.6 Å². The van der Waals surface area contributed by atoms with Gasteiger partial charge in [-0.05, 0) is 36.4 Å². The molecule has 0 spiro atoms. The zero-order chi connectivity index (χ0) is 14.5.